The summed E-state index contributed by atoms with van der Waals surface area (Å²) in [5, 5.41) is 2.77. The minimum atomic E-state index is -0.291. The fraction of sp³-hybridized carbons (Fsp3) is 0.211. The molecule has 0 fully saturated rings. The third-order valence-electron chi connectivity index (χ3n) is 3.79. The van der Waals surface area contributed by atoms with Gasteiger partial charge in [0.05, 0.1) is 21.3 Å². The molecule has 0 unspecified atom stereocenters. The van der Waals surface area contributed by atoms with E-state index in [0.29, 0.717) is 40.0 Å². The van der Waals surface area contributed by atoms with Crippen LogP contribution in [0.5, 0.6) is 28.7 Å². The molecule has 2 aromatic carbocycles. The number of rotatable bonds is 6. The molecular formula is C19H19NO6. The van der Waals surface area contributed by atoms with Crippen LogP contribution in [0.3, 0.4) is 0 Å². The lowest BCUT2D eigenvalue weighted by Crippen LogP contribution is -2.07. The van der Waals surface area contributed by atoms with Gasteiger partial charge < -0.3 is 29.0 Å². The number of nitrogens with one attached hydrogen (secondary N) is 1. The summed E-state index contributed by atoms with van der Waals surface area (Å²) in [7, 11) is 4.60. The van der Waals surface area contributed by atoms with Gasteiger partial charge in [0.25, 0.3) is 0 Å². The zero-order chi connectivity index (χ0) is 18.5. The average Bonchev–Trinajstić information content (AvgIpc) is 3.13. The van der Waals surface area contributed by atoms with Crippen LogP contribution in [-0.2, 0) is 4.79 Å². The highest BCUT2D eigenvalue weighted by molar-refractivity contribution is 6.02. The SMILES string of the molecule is COc1ccc(/C=C/C(=O)Nc2ccc3c(c2)OCO3)c(OC)c1OC. The molecule has 0 radical (unpaired) electrons. The Morgan fingerprint density at radius 1 is 1.00 bits per heavy atom. The Morgan fingerprint density at radius 2 is 1.77 bits per heavy atom. The number of anilines is 1. The summed E-state index contributed by atoms with van der Waals surface area (Å²) in [4.78, 5) is 12.2. The molecule has 1 aliphatic heterocycles. The standard InChI is InChI=1S/C19H19NO6/c1-22-15-7-4-12(18(23-2)19(15)24-3)5-9-17(21)20-13-6-8-14-16(10-13)26-11-25-14/h4-10H,11H2,1-3H3,(H,20,21)/b9-5+. The third-order valence-corrected chi connectivity index (χ3v) is 3.79. The number of amides is 1. The Bertz CT molecular complexity index is 846. The predicted octanol–water partition coefficient (Wildman–Crippen LogP) is 3.09. The maximum atomic E-state index is 12.2. The van der Waals surface area contributed by atoms with Crippen molar-refractivity contribution in [3.8, 4) is 28.7 Å². The first-order valence-electron chi connectivity index (χ1n) is 7.84. The molecule has 26 heavy (non-hydrogen) atoms. The molecule has 136 valence electrons. The zero-order valence-electron chi connectivity index (χ0n) is 14.7. The van der Waals surface area contributed by atoms with Crippen molar-refractivity contribution in [2.24, 2.45) is 0 Å². The van der Waals surface area contributed by atoms with E-state index >= 15 is 0 Å². The average molecular weight is 357 g/mol. The quantitative estimate of drug-likeness (QED) is 0.801. The molecule has 1 heterocycles. The molecule has 0 saturated carbocycles. The number of carbonyl (C=O) groups excluding carboxylic acids is 1. The minimum absolute atomic E-state index is 0.186. The third kappa shape index (κ3) is 3.51. The normalized spacial score (nSPS) is 12.1. The lowest BCUT2D eigenvalue weighted by atomic mass is 10.1. The molecule has 1 amide bonds. The largest absolute Gasteiger partial charge is 0.493 e. The number of methoxy groups -OCH3 is 3. The van der Waals surface area contributed by atoms with Crippen LogP contribution in [0.15, 0.2) is 36.4 Å². The fourth-order valence-electron chi connectivity index (χ4n) is 2.58. The predicted molar refractivity (Wildman–Crippen MR) is 96.3 cm³/mol. The minimum Gasteiger partial charge on any atom is -0.493 e. The first-order chi connectivity index (χ1) is 12.7. The number of hydrogen-bond acceptors (Lipinski definition) is 6. The van der Waals surface area contributed by atoms with Gasteiger partial charge in [0.1, 0.15) is 0 Å². The van der Waals surface area contributed by atoms with Gasteiger partial charge in [0.2, 0.25) is 18.4 Å². The van der Waals surface area contributed by atoms with Crippen LogP contribution in [0.2, 0.25) is 0 Å². The molecule has 2 aromatic rings. The molecule has 7 heteroatoms. The Balaban J connectivity index is 1.76. The van der Waals surface area contributed by atoms with Gasteiger partial charge in [-0.05, 0) is 30.3 Å². The van der Waals surface area contributed by atoms with E-state index in [1.54, 1.807) is 43.5 Å². The van der Waals surface area contributed by atoms with E-state index in [2.05, 4.69) is 5.32 Å². The highest BCUT2D eigenvalue weighted by atomic mass is 16.7. The Morgan fingerprint density at radius 3 is 2.50 bits per heavy atom. The molecule has 1 N–H and O–H groups in total. The fourth-order valence-corrected chi connectivity index (χ4v) is 2.58. The van der Waals surface area contributed by atoms with Crippen LogP contribution in [0, 0.1) is 0 Å². The molecule has 0 aromatic heterocycles. The molecule has 7 nitrogen and oxygen atoms in total. The van der Waals surface area contributed by atoms with Gasteiger partial charge in [-0.3, -0.25) is 4.79 Å². The highest BCUT2D eigenvalue weighted by Gasteiger charge is 2.15. The Labute approximate surface area is 151 Å². The number of benzene rings is 2. The summed E-state index contributed by atoms with van der Waals surface area (Å²) in [6, 6.07) is 8.74. The monoisotopic (exact) mass is 357 g/mol. The van der Waals surface area contributed by atoms with Gasteiger partial charge in [-0.2, -0.15) is 0 Å². The number of hydrogen-bond donors (Lipinski definition) is 1. The van der Waals surface area contributed by atoms with Gasteiger partial charge >= 0.3 is 0 Å². The van der Waals surface area contributed by atoms with Crippen LogP contribution in [0.1, 0.15) is 5.56 Å². The Hall–Kier alpha value is -3.35. The van der Waals surface area contributed by atoms with Gasteiger partial charge in [-0.15, -0.1) is 0 Å². The molecule has 0 bridgehead atoms. The maximum Gasteiger partial charge on any atom is 0.248 e. The van der Waals surface area contributed by atoms with Crippen molar-refractivity contribution in [1.82, 2.24) is 0 Å². The van der Waals surface area contributed by atoms with E-state index in [9.17, 15) is 4.79 Å². The van der Waals surface area contributed by atoms with Crippen LogP contribution >= 0.6 is 0 Å². The lowest BCUT2D eigenvalue weighted by Gasteiger charge is -2.14. The number of ether oxygens (including phenoxy) is 5. The summed E-state index contributed by atoms with van der Waals surface area (Å²) in [5.74, 6) is 2.47. The molecule has 0 atom stereocenters. The second kappa shape index (κ2) is 7.69. The first-order valence-corrected chi connectivity index (χ1v) is 7.84. The lowest BCUT2D eigenvalue weighted by molar-refractivity contribution is -0.111. The molecule has 0 spiro atoms. The van der Waals surface area contributed by atoms with Crippen LogP contribution in [0.25, 0.3) is 6.08 Å². The first kappa shape index (κ1) is 17.5. The van der Waals surface area contributed by atoms with Gasteiger partial charge in [0.15, 0.2) is 23.0 Å². The maximum absolute atomic E-state index is 12.2. The van der Waals surface area contributed by atoms with Crippen molar-refractivity contribution < 1.29 is 28.5 Å². The van der Waals surface area contributed by atoms with Crippen molar-refractivity contribution in [3.05, 3.63) is 42.0 Å². The summed E-state index contributed by atoms with van der Waals surface area (Å²) >= 11 is 0. The number of fused-ring (bicyclic) bond motifs is 1. The summed E-state index contributed by atoms with van der Waals surface area (Å²) < 4.78 is 26.5. The van der Waals surface area contributed by atoms with E-state index in [0.717, 1.165) is 0 Å². The van der Waals surface area contributed by atoms with Crippen molar-refractivity contribution in [1.29, 1.82) is 0 Å². The second-order valence-corrected chi connectivity index (χ2v) is 5.31. The molecule has 0 saturated heterocycles. The zero-order valence-corrected chi connectivity index (χ0v) is 14.7. The highest BCUT2D eigenvalue weighted by Crippen LogP contribution is 2.40. The summed E-state index contributed by atoms with van der Waals surface area (Å²) in [6.07, 6.45) is 3.05. The topological polar surface area (TPSA) is 75.3 Å². The van der Waals surface area contributed by atoms with Gasteiger partial charge in [-0.25, -0.2) is 0 Å². The van der Waals surface area contributed by atoms with Crippen molar-refractivity contribution in [2.45, 2.75) is 0 Å². The Kier molecular flexibility index (Phi) is 5.17. The smallest absolute Gasteiger partial charge is 0.248 e. The summed E-state index contributed by atoms with van der Waals surface area (Å²) in [6.45, 7) is 0.186. The van der Waals surface area contributed by atoms with Crippen molar-refractivity contribution >= 4 is 17.7 Å². The van der Waals surface area contributed by atoms with Crippen LogP contribution in [0.4, 0.5) is 5.69 Å². The molecule has 0 aliphatic carbocycles. The van der Waals surface area contributed by atoms with Crippen LogP contribution in [-0.4, -0.2) is 34.0 Å². The van der Waals surface area contributed by atoms with Crippen molar-refractivity contribution in [2.75, 3.05) is 33.4 Å². The molecule has 1 aliphatic rings. The van der Waals surface area contributed by atoms with E-state index in [4.69, 9.17) is 23.7 Å². The van der Waals surface area contributed by atoms with Crippen molar-refractivity contribution in [3.63, 3.8) is 0 Å². The van der Waals surface area contributed by atoms with Crippen LogP contribution < -0.4 is 29.0 Å². The number of carbonyl (C=O) groups is 1. The van der Waals surface area contributed by atoms with E-state index in [1.807, 2.05) is 0 Å². The van der Waals surface area contributed by atoms with Gasteiger partial charge in [0, 0.05) is 23.4 Å². The second-order valence-electron chi connectivity index (χ2n) is 5.31. The molecule has 3 rings (SSSR count). The van der Waals surface area contributed by atoms with E-state index in [1.165, 1.54) is 20.3 Å². The van der Waals surface area contributed by atoms with E-state index < -0.39 is 0 Å². The molecular weight excluding hydrogens is 338 g/mol. The van der Waals surface area contributed by atoms with Gasteiger partial charge in [-0.1, -0.05) is 0 Å². The summed E-state index contributed by atoms with van der Waals surface area (Å²) in [5.41, 5.74) is 1.30. The van der Waals surface area contributed by atoms with E-state index in [-0.39, 0.29) is 12.7 Å².